The fourth-order valence-electron chi connectivity index (χ4n) is 4.58. The Morgan fingerprint density at radius 1 is 0.926 bits per heavy atom. The average Bonchev–Trinajstić information content (AvgIpc) is 3.16. The zero-order valence-electron chi connectivity index (χ0n) is 17.5. The van der Waals surface area contributed by atoms with Gasteiger partial charge in [-0.25, -0.2) is 4.57 Å². The van der Waals surface area contributed by atoms with E-state index >= 15 is 0 Å². The van der Waals surface area contributed by atoms with Crippen molar-refractivity contribution in [2.24, 2.45) is 7.05 Å². The maximum absolute atomic E-state index is 2.47. The standard InChI is InChI=1S/C26H32N/c1-18-10-11-20(19-8-6-7-9-19)17-24(18)25-23-13-12-22(26(2,3)4)16-21(23)14-15-27(25)5/h10-17,19H,6-9H2,1-5H3/q+1. The van der Waals surface area contributed by atoms with Crippen molar-refractivity contribution in [1.29, 1.82) is 0 Å². The van der Waals surface area contributed by atoms with Crippen molar-refractivity contribution in [3.05, 3.63) is 65.4 Å². The average molecular weight is 359 g/mol. The van der Waals surface area contributed by atoms with Gasteiger partial charge in [-0.05, 0) is 65.3 Å². The summed E-state index contributed by atoms with van der Waals surface area (Å²) in [6, 6.07) is 16.4. The molecule has 0 atom stereocenters. The van der Waals surface area contributed by atoms with E-state index in [0.29, 0.717) is 0 Å². The highest BCUT2D eigenvalue weighted by Gasteiger charge is 2.22. The number of pyridine rings is 1. The third kappa shape index (κ3) is 3.40. The quantitative estimate of drug-likeness (QED) is 0.455. The van der Waals surface area contributed by atoms with Gasteiger partial charge < -0.3 is 0 Å². The molecule has 0 N–H and O–H groups in total. The Balaban J connectivity index is 1.90. The summed E-state index contributed by atoms with van der Waals surface area (Å²) in [5, 5.41) is 2.68. The number of hydrogen-bond donors (Lipinski definition) is 0. The van der Waals surface area contributed by atoms with Gasteiger partial charge in [0.2, 0.25) is 5.69 Å². The predicted molar refractivity (Wildman–Crippen MR) is 115 cm³/mol. The van der Waals surface area contributed by atoms with Crippen LogP contribution in [0.5, 0.6) is 0 Å². The van der Waals surface area contributed by atoms with Gasteiger partial charge in [-0.15, -0.1) is 0 Å². The second kappa shape index (κ2) is 6.78. The zero-order chi connectivity index (χ0) is 19.2. The largest absolute Gasteiger partial charge is 0.220 e. The van der Waals surface area contributed by atoms with Crippen molar-refractivity contribution >= 4 is 10.8 Å². The van der Waals surface area contributed by atoms with Crippen LogP contribution in [-0.2, 0) is 12.5 Å². The first-order chi connectivity index (χ1) is 12.8. The van der Waals surface area contributed by atoms with E-state index in [4.69, 9.17) is 0 Å². The van der Waals surface area contributed by atoms with Crippen molar-refractivity contribution in [3.63, 3.8) is 0 Å². The number of benzene rings is 2. The molecule has 0 bridgehead atoms. The van der Waals surface area contributed by atoms with Crippen LogP contribution in [0.2, 0.25) is 0 Å². The highest BCUT2D eigenvalue weighted by atomic mass is 14.9. The highest BCUT2D eigenvalue weighted by Crippen LogP contribution is 2.37. The van der Waals surface area contributed by atoms with E-state index in [2.05, 4.69) is 88.0 Å². The van der Waals surface area contributed by atoms with E-state index in [9.17, 15) is 0 Å². The van der Waals surface area contributed by atoms with Crippen LogP contribution in [0, 0.1) is 6.92 Å². The number of nitrogens with zero attached hydrogens (tertiary/aromatic N) is 1. The summed E-state index contributed by atoms with van der Waals surface area (Å²) in [5.74, 6) is 0.747. The van der Waals surface area contributed by atoms with Gasteiger partial charge in [-0.3, -0.25) is 0 Å². The first kappa shape index (κ1) is 18.2. The Labute approximate surface area is 164 Å². The fourth-order valence-corrected chi connectivity index (χ4v) is 4.58. The predicted octanol–water partition coefficient (Wildman–Crippen LogP) is 6.59. The lowest BCUT2D eigenvalue weighted by molar-refractivity contribution is -0.659. The summed E-state index contributed by atoms with van der Waals surface area (Å²) < 4.78 is 2.29. The minimum Gasteiger partial charge on any atom is -0.200 e. The Bertz CT molecular complexity index is 985. The van der Waals surface area contributed by atoms with Crippen LogP contribution in [0.15, 0.2) is 48.7 Å². The van der Waals surface area contributed by atoms with Gasteiger partial charge in [0.05, 0.1) is 5.39 Å². The van der Waals surface area contributed by atoms with Crippen LogP contribution in [0.4, 0.5) is 0 Å². The van der Waals surface area contributed by atoms with Gasteiger partial charge in [0, 0.05) is 11.6 Å². The Morgan fingerprint density at radius 2 is 1.67 bits per heavy atom. The number of aromatic nitrogens is 1. The molecule has 0 spiro atoms. The van der Waals surface area contributed by atoms with E-state index < -0.39 is 0 Å². The first-order valence-electron chi connectivity index (χ1n) is 10.4. The lowest BCUT2D eigenvalue weighted by Gasteiger charge is -2.20. The van der Waals surface area contributed by atoms with Gasteiger partial charge in [0.15, 0.2) is 6.20 Å². The lowest BCUT2D eigenvalue weighted by atomic mass is 9.85. The lowest BCUT2D eigenvalue weighted by Crippen LogP contribution is -2.31. The molecule has 0 unspecified atom stereocenters. The second-order valence-corrected chi connectivity index (χ2v) is 9.38. The zero-order valence-corrected chi connectivity index (χ0v) is 17.5. The Hall–Kier alpha value is -2.15. The molecule has 27 heavy (non-hydrogen) atoms. The summed E-state index contributed by atoms with van der Waals surface area (Å²) in [5.41, 5.74) is 7.17. The monoisotopic (exact) mass is 358 g/mol. The first-order valence-corrected chi connectivity index (χ1v) is 10.4. The van der Waals surface area contributed by atoms with Crippen molar-refractivity contribution < 1.29 is 4.57 Å². The summed E-state index contributed by atoms with van der Waals surface area (Å²) in [6.07, 6.45) is 7.67. The van der Waals surface area contributed by atoms with Gasteiger partial charge in [0.1, 0.15) is 7.05 Å². The van der Waals surface area contributed by atoms with Crippen LogP contribution < -0.4 is 4.57 Å². The van der Waals surface area contributed by atoms with Crippen LogP contribution in [0.1, 0.15) is 69.1 Å². The van der Waals surface area contributed by atoms with Crippen molar-refractivity contribution in [1.82, 2.24) is 0 Å². The Kier molecular flexibility index (Phi) is 4.58. The molecule has 0 radical (unpaired) electrons. The van der Waals surface area contributed by atoms with Crippen molar-refractivity contribution in [3.8, 4) is 11.3 Å². The van der Waals surface area contributed by atoms with Gasteiger partial charge in [-0.2, -0.15) is 0 Å². The topological polar surface area (TPSA) is 3.88 Å². The smallest absolute Gasteiger partial charge is 0.200 e. The SMILES string of the molecule is Cc1ccc(C2CCCC2)cc1-c1c2ccc(C(C)(C)C)cc2cc[n+]1C. The normalized spacial score (nSPS) is 15.6. The molecule has 1 aromatic heterocycles. The van der Waals surface area contributed by atoms with E-state index in [1.54, 1.807) is 0 Å². The molecule has 1 heterocycles. The van der Waals surface area contributed by atoms with Crippen LogP contribution in [-0.4, -0.2) is 0 Å². The highest BCUT2D eigenvalue weighted by molar-refractivity contribution is 5.94. The third-order valence-electron chi connectivity index (χ3n) is 6.35. The molecule has 1 aliphatic rings. The molecule has 0 aliphatic heterocycles. The maximum Gasteiger partial charge on any atom is 0.220 e. The molecule has 0 saturated heterocycles. The van der Waals surface area contributed by atoms with Gasteiger partial charge in [0.25, 0.3) is 0 Å². The molecule has 1 fully saturated rings. The van der Waals surface area contributed by atoms with E-state index in [1.165, 1.54) is 64.4 Å². The van der Waals surface area contributed by atoms with E-state index in [-0.39, 0.29) is 5.41 Å². The molecule has 2 aromatic carbocycles. The van der Waals surface area contributed by atoms with Crippen molar-refractivity contribution in [2.75, 3.05) is 0 Å². The number of aryl methyl sites for hydroxylation is 2. The third-order valence-corrected chi connectivity index (χ3v) is 6.35. The molecular formula is C26H32N+. The van der Waals surface area contributed by atoms with Crippen LogP contribution in [0.25, 0.3) is 22.0 Å². The molecule has 1 heteroatoms. The minimum atomic E-state index is 0.171. The summed E-state index contributed by atoms with van der Waals surface area (Å²) in [6.45, 7) is 9.10. The second-order valence-electron chi connectivity index (χ2n) is 9.38. The number of fused-ring (bicyclic) bond motifs is 1. The fraction of sp³-hybridized carbons (Fsp3) is 0.423. The van der Waals surface area contributed by atoms with Gasteiger partial charge in [-0.1, -0.05) is 57.9 Å². The Morgan fingerprint density at radius 3 is 2.37 bits per heavy atom. The van der Waals surface area contributed by atoms with Crippen LogP contribution in [0.3, 0.4) is 0 Å². The molecule has 0 amide bonds. The summed E-state index contributed by atoms with van der Waals surface area (Å²) >= 11 is 0. The molecule has 1 aliphatic carbocycles. The molecule has 140 valence electrons. The van der Waals surface area contributed by atoms with Crippen molar-refractivity contribution in [2.45, 2.75) is 64.7 Å². The number of rotatable bonds is 2. The minimum absolute atomic E-state index is 0.171. The molecular weight excluding hydrogens is 326 g/mol. The molecule has 1 nitrogen and oxygen atoms in total. The molecule has 1 saturated carbocycles. The molecule has 4 rings (SSSR count). The summed E-state index contributed by atoms with van der Waals surface area (Å²) in [7, 11) is 2.17. The van der Waals surface area contributed by atoms with E-state index in [0.717, 1.165) is 5.92 Å². The molecule has 3 aromatic rings. The summed E-state index contributed by atoms with van der Waals surface area (Å²) in [4.78, 5) is 0. The van der Waals surface area contributed by atoms with Gasteiger partial charge >= 0.3 is 0 Å². The number of hydrogen-bond acceptors (Lipinski definition) is 0. The van der Waals surface area contributed by atoms with E-state index in [1.807, 2.05) is 0 Å². The maximum atomic E-state index is 2.47. The van der Waals surface area contributed by atoms with Crippen LogP contribution >= 0.6 is 0 Å².